The molecule has 0 aliphatic carbocycles. The van der Waals surface area contributed by atoms with E-state index in [1.807, 2.05) is 0 Å². The SMILES string of the molecule is NCCn1cc(C(=O)NCc2cccc(OC(F)F)c2)nn1. The lowest BCUT2D eigenvalue weighted by atomic mass is 10.2. The van der Waals surface area contributed by atoms with Crippen molar-refractivity contribution in [3.05, 3.63) is 41.7 Å². The van der Waals surface area contributed by atoms with Gasteiger partial charge in [0.25, 0.3) is 5.91 Å². The van der Waals surface area contributed by atoms with Gasteiger partial charge in [-0.1, -0.05) is 17.3 Å². The van der Waals surface area contributed by atoms with Gasteiger partial charge < -0.3 is 15.8 Å². The van der Waals surface area contributed by atoms with Crippen molar-refractivity contribution < 1.29 is 18.3 Å². The molecule has 0 saturated heterocycles. The summed E-state index contributed by atoms with van der Waals surface area (Å²) in [6.45, 7) is -1.88. The summed E-state index contributed by atoms with van der Waals surface area (Å²) in [5, 5.41) is 10.1. The Morgan fingerprint density at radius 2 is 2.27 bits per heavy atom. The summed E-state index contributed by atoms with van der Waals surface area (Å²) in [4.78, 5) is 11.9. The summed E-state index contributed by atoms with van der Waals surface area (Å²) in [5.74, 6) is -0.376. The molecular weight excluding hydrogens is 296 g/mol. The minimum absolute atomic E-state index is 0.0376. The van der Waals surface area contributed by atoms with Gasteiger partial charge in [0, 0.05) is 13.1 Å². The molecular formula is C13H15F2N5O2. The molecule has 1 amide bonds. The summed E-state index contributed by atoms with van der Waals surface area (Å²) in [6.07, 6.45) is 1.48. The maximum absolute atomic E-state index is 12.1. The molecule has 0 fully saturated rings. The first kappa shape index (κ1) is 15.8. The van der Waals surface area contributed by atoms with Gasteiger partial charge in [0.15, 0.2) is 5.69 Å². The molecule has 0 aliphatic heterocycles. The molecule has 0 aliphatic rings. The molecule has 118 valence electrons. The molecule has 0 saturated carbocycles. The number of hydrogen-bond donors (Lipinski definition) is 2. The van der Waals surface area contributed by atoms with E-state index in [0.717, 1.165) is 0 Å². The fourth-order valence-electron chi connectivity index (χ4n) is 1.75. The first-order chi connectivity index (χ1) is 10.6. The molecule has 0 bridgehead atoms. The fraction of sp³-hybridized carbons (Fsp3) is 0.308. The molecule has 0 unspecified atom stereocenters. The van der Waals surface area contributed by atoms with E-state index in [1.54, 1.807) is 12.1 Å². The van der Waals surface area contributed by atoms with Crippen LogP contribution in [0, 0.1) is 0 Å². The van der Waals surface area contributed by atoms with E-state index < -0.39 is 12.5 Å². The monoisotopic (exact) mass is 311 g/mol. The van der Waals surface area contributed by atoms with Gasteiger partial charge in [-0.3, -0.25) is 9.48 Å². The number of rotatable bonds is 7. The van der Waals surface area contributed by atoms with Crippen LogP contribution in [-0.2, 0) is 13.1 Å². The number of halogens is 2. The highest BCUT2D eigenvalue weighted by Crippen LogP contribution is 2.15. The second kappa shape index (κ2) is 7.46. The van der Waals surface area contributed by atoms with E-state index in [1.165, 1.54) is 23.0 Å². The van der Waals surface area contributed by atoms with Crippen molar-refractivity contribution in [2.24, 2.45) is 5.73 Å². The number of nitrogens with one attached hydrogen (secondary N) is 1. The van der Waals surface area contributed by atoms with Crippen LogP contribution in [0.4, 0.5) is 8.78 Å². The van der Waals surface area contributed by atoms with Crippen molar-refractivity contribution in [1.29, 1.82) is 0 Å². The average molecular weight is 311 g/mol. The van der Waals surface area contributed by atoms with Crippen LogP contribution in [0.15, 0.2) is 30.5 Å². The van der Waals surface area contributed by atoms with E-state index in [2.05, 4.69) is 20.4 Å². The van der Waals surface area contributed by atoms with Crippen molar-refractivity contribution >= 4 is 5.91 Å². The fourth-order valence-corrected chi connectivity index (χ4v) is 1.75. The maximum Gasteiger partial charge on any atom is 0.387 e. The molecule has 2 aromatic rings. The number of hydrogen-bond acceptors (Lipinski definition) is 5. The van der Waals surface area contributed by atoms with Gasteiger partial charge in [0.2, 0.25) is 0 Å². The van der Waals surface area contributed by atoms with Crippen LogP contribution < -0.4 is 15.8 Å². The highest BCUT2D eigenvalue weighted by molar-refractivity contribution is 5.91. The maximum atomic E-state index is 12.1. The number of alkyl halides is 2. The second-order valence-corrected chi connectivity index (χ2v) is 4.36. The Hall–Kier alpha value is -2.55. The van der Waals surface area contributed by atoms with E-state index in [4.69, 9.17) is 5.73 Å². The Labute approximate surface area is 125 Å². The Kier molecular flexibility index (Phi) is 5.37. The molecule has 2 rings (SSSR count). The molecule has 0 spiro atoms. The van der Waals surface area contributed by atoms with Gasteiger partial charge in [-0.15, -0.1) is 5.10 Å². The van der Waals surface area contributed by atoms with Gasteiger partial charge in [0.1, 0.15) is 5.75 Å². The van der Waals surface area contributed by atoms with Gasteiger partial charge in [-0.05, 0) is 17.7 Å². The number of carbonyl (C=O) groups is 1. The third-order valence-corrected chi connectivity index (χ3v) is 2.71. The molecule has 3 N–H and O–H groups in total. The highest BCUT2D eigenvalue weighted by Gasteiger charge is 2.11. The van der Waals surface area contributed by atoms with Crippen molar-refractivity contribution in [3.63, 3.8) is 0 Å². The summed E-state index contributed by atoms with van der Waals surface area (Å²) in [6, 6.07) is 6.09. The third kappa shape index (κ3) is 4.48. The first-order valence-corrected chi connectivity index (χ1v) is 6.50. The number of nitrogens with zero attached hydrogens (tertiary/aromatic N) is 3. The lowest BCUT2D eigenvalue weighted by molar-refractivity contribution is -0.0498. The molecule has 9 heteroatoms. The topological polar surface area (TPSA) is 95.1 Å². The zero-order valence-electron chi connectivity index (χ0n) is 11.6. The van der Waals surface area contributed by atoms with Crippen LogP contribution in [0.1, 0.15) is 16.1 Å². The number of carbonyl (C=O) groups excluding carboxylic acids is 1. The van der Waals surface area contributed by atoms with Crippen LogP contribution >= 0.6 is 0 Å². The minimum Gasteiger partial charge on any atom is -0.435 e. The smallest absolute Gasteiger partial charge is 0.387 e. The summed E-state index contributed by atoms with van der Waals surface area (Å²) in [7, 11) is 0. The van der Waals surface area contributed by atoms with Gasteiger partial charge in [-0.25, -0.2) is 0 Å². The Balaban J connectivity index is 1.92. The quantitative estimate of drug-likeness (QED) is 0.787. The van der Waals surface area contributed by atoms with Crippen LogP contribution in [0.2, 0.25) is 0 Å². The Morgan fingerprint density at radius 3 is 3.00 bits per heavy atom. The van der Waals surface area contributed by atoms with Crippen molar-refractivity contribution in [2.45, 2.75) is 19.7 Å². The van der Waals surface area contributed by atoms with Crippen molar-refractivity contribution in [2.75, 3.05) is 6.54 Å². The zero-order valence-corrected chi connectivity index (χ0v) is 11.6. The molecule has 1 aromatic carbocycles. The highest BCUT2D eigenvalue weighted by atomic mass is 19.3. The largest absolute Gasteiger partial charge is 0.435 e. The van der Waals surface area contributed by atoms with Gasteiger partial charge in [0.05, 0.1) is 12.7 Å². The Bertz CT molecular complexity index is 632. The number of benzene rings is 1. The summed E-state index contributed by atoms with van der Waals surface area (Å²) in [5.41, 5.74) is 6.16. The van der Waals surface area contributed by atoms with E-state index in [-0.39, 0.29) is 18.0 Å². The Morgan fingerprint density at radius 1 is 1.45 bits per heavy atom. The second-order valence-electron chi connectivity index (χ2n) is 4.36. The summed E-state index contributed by atoms with van der Waals surface area (Å²) < 4.78 is 30.0. The third-order valence-electron chi connectivity index (χ3n) is 2.71. The lowest BCUT2D eigenvalue weighted by Gasteiger charge is -2.07. The van der Waals surface area contributed by atoms with Crippen LogP contribution in [0.5, 0.6) is 5.75 Å². The molecule has 0 radical (unpaired) electrons. The molecule has 7 nitrogen and oxygen atoms in total. The lowest BCUT2D eigenvalue weighted by Crippen LogP contribution is -2.23. The van der Waals surface area contributed by atoms with Crippen LogP contribution in [0.3, 0.4) is 0 Å². The first-order valence-electron chi connectivity index (χ1n) is 6.50. The van der Waals surface area contributed by atoms with Crippen LogP contribution in [0.25, 0.3) is 0 Å². The number of ether oxygens (including phenoxy) is 1. The van der Waals surface area contributed by atoms with Crippen molar-refractivity contribution in [1.82, 2.24) is 20.3 Å². The normalized spacial score (nSPS) is 10.7. The zero-order chi connectivity index (χ0) is 15.9. The summed E-state index contributed by atoms with van der Waals surface area (Å²) >= 11 is 0. The van der Waals surface area contributed by atoms with E-state index in [9.17, 15) is 13.6 Å². The van der Waals surface area contributed by atoms with Crippen LogP contribution in [-0.4, -0.2) is 34.1 Å². The number of amides is 1. The van der Waals surface area contributed by atoms with E-state index in [0.29, 0.717) is 18.7 Å². The molecule has 1 aromatic heterocycles. The van der Waals surface area contributed by atoms with E-state index >= 15 is 0 Å². The molecule has 0 atom stereocenters. The van der Waals surface area contributed by atoms with Crippen molar-refractivity contribution in [3.8, 4) is 5.75 Å². The predicted molar refractivity (Wildman–Crippen MR) is 73.3 cm³/mol. The van der Waals surface area contributed by atoms with Gasteiger partial charge in [-0.2, -0.15) is 8.78 Å². The molecule has 22 heavy (non-hydrogen) atoms. The number of nitrogens with two attached hydrogens (primary N) is 1. The standard InChI is InChI=1S/C13H15F2N5O2/c14-13(15)22-10-3-1-2-9(6-10)7-17-12(21)11-8-20(5-4-16)19-18-11/h1-3,6,8,13H,4-5,7,16H2,(H,17,21). The predicted octanol–water partition coefficient (Wildman–Crippen LogP) is 0.768. The number of aromatic nitrogens is 3. The average Bonchev–Trinajstić information content (AvgIpc) is 2.94. The van der Waals surface area contributed by atoms with Gasteiger partial charge >= 0.3 is 6.61 Å². The minimum atomic E-state index is -2.89. The molecule has 1 heterocycles.